The van der Waals surface area contributed by atoms with Crippen molar-refractivity contribution in [3.63, 3.8) is 0 Å². The van der Waals surface area contributed by atoms with Gasteiger partial charge in [-0.3, -0.25) is 0 Å². The molecule has 2 rings (SSSR count). The summed E-state index contributed by atoms with van der Waals surface area (Å²) in [4.78, 5) is 0.759. The first-order valence-electron chi connectivity index (χ1n) is 5.13. The first-order chi connectivity index (χ1) is 6.75. The molecular formula is C12H14Br2. The average molecular weight is 318 g/mol. The average Bonchev–Trinajstić information content (AvgIpc) is 2.56. The van der Waals surface area contributed by atoms with Crippen LogP contribution in [0.5, 0.6) is 0 Å². The molecule has 2 heteroatoms. The van der Waals surface area contributed by atoms with Crippen molar-refractivity contribution < 1.29 is 0 Å². The smallest absolute Gasteiger partial charge is 0.0207 e. The Morgan fingerprint density at radius 3 is 2.64 bits per heavy atom. The van der Waals surface area contributed by atoms with Crippen LogP contribution in [-0.2, 0) is 6.42 Å². The Morgan fingerprint density at radius 1 is 1.21 bits per heavy atom. The van der Waals surface area contributed by atoms with E-state index >= 15 is 0 Å². The number of halogens is 2. The quantitative estimate of drug-likeness (QED) is 0.702. The van der Waals surface area contributed by atoms with Gasteiger partial charge in [-0.2, -0.15) is 0 Å². The van der Waals surface area contributed by atoms with Crippen LogP contribution in [0.25, 0.3) is 0 Å². The molecule has 1 aromatic rings. The van der Waals surface area contributed by atoms with Crippen molar-refractivity contribution in [2.75, 3.05) is 0 Å². The summed E-state index contributed by atoms with van der Waals surface area (Å²) in [6, 6.07) is 8.57. The van der Waals surface area contributed by atoms with Gasteiger partial charge in [-0.05, 0) is 43.2 Å². The fourth-order valence-corrected chi connectivity index (χ4v) is 3.41. The van der Waals surface area contributed by atoms with E-state index in [-0.39, 0.29) is 0 Å². The van der Waals surface area contributed by atoms with E-state index in [9.17, 15) is 0 Å². The lowest BCUT2D eigenvalue weighted by molar-refractivity contribution is 0.547. The van der Waals surface area contributed by atoms with E-state index in [2.05, 4.69) is 56.1 Å². The molecule has 1 fully saturated rings. The van der Waals surface area contributed by atoms with Gasteiger partial charge in [0, 0.05) is 9.30 Å². The second kappa shape index (κ2) is 4.80. The van der Waals surface area contributed by atoms with Crippen LogP contribution in [-0.4, -0.2) is 4.83 Å². The molecule has 1 aliphatic rings. The van der Waals surface area contributed by atoms with Crippen LogP contribution < -0.4 is 0 Å². The lowest BCUT2D eigenvalue weighted by Crippen LogP contribution is -2.00. The minimum absolute atomic E-state index is 0.759. The summed E-state index contributed by atoms with van der Waals surface area (Å²) in [5.41, 5.74) is 1.46. The molecular weight excluding hydrogens is 304 g/mol. The minimum atomic E-state index is 0.759. The first kappa shape index (κ1) is 10.7. The molecule has 0 spiro atoms. The summed E-state index contributed by atoms with van der Waals surface area (Å²) in [6.45, 7) is 0. The normalized spacial score (nSPS) is 26.7. The molecule has 0 bridgehead atoms. The van der Waals surface area contributed by atoms with Gasteiger partial charge in [0.2, 0.25) is 0 Å². The number of alkyl halides is 1. The van der Waals surface area contributed by atoms with Crippen molar-refractivity contribution in [1.82, 2.24) is 0 Å². The van der Waals surface area contributed by atoms with Crippen LogP contribution in [0.4, 0.5) is 0 Å². The van der Waals surface area contributed by atoms with E-state index in [1.165, 1.54) is 35.7 Å². The van der Waals surface area contributed by atoms with Crippen molar-refractivity contribution in [1.29, 1.82) is 0 Å². The first-order valence-corrected chi connectivity index (χ1v) is 6.84. The Labute approximate surface area is 102 Å². The molecule has 0 amide bonds. The van der Waals surface area contributed by atoms with E-state index in [0.29, 0.717) is 0 Å². The molecule has 0 aliphatic heterocycles. The van der Waals surface area contributed by atoms with E-state index in [4.69, 9.17) is 0 Å². The zero-order valence-corrected chi connectivity index (χ0v) is 11.2. The highest BCUT2D eigenvalue weighted by molar-refractivity contribution is 9.10. The minimum Gasteiger partial charge on any atom is -0.0891 e. The van der Waals surface area contributed by atoms with Crippen LogP contribution >= 0.6 is 31.9 Å². The molecule has 0 N–H and O–H groups in total. The van der Waals surface area contributed by atoms with Crippen molar-refractivity contribution in [3.8, 4) is 0 Å². The topological polar surface area (TPSA) is 0 Å². The summed E-state index contributed by atoms with van der Waals surface area (Å²) in [7, 11) is 0. The summed E-state index contributed by atoms with van der Waals surface area (Å²) in [6.07, 6.45) is 5.28. The fourth-order valence-electron chi connectivity index (χ4n) is 2.17. The predicted octanol–water partition coefficient (Wildman–Crippen LogP) is 4.56. The van der Waals surface area contributed by atoms with Gasteiger partial charge >= 0.3 is 0 Å². The molecule has 0 saturated heterocycles. The summed E-state index contributed by atoms with van der Waals surface area (Å²) >= 11 is 7.31. The van der Waals surface area contributed by atoms with Crippen molar-refractivity contribution in [3.05, 3.63) is 34.3 Å². The molecule has 0 heterocycles. The SMILES string of the molecule is Brc1ccccc1CC1CCC(Br)C1. The Bertz CT molecular complexity index is 309. The highest BCUT2D eigenvalue weighted by Gasteiger charge is 2.22. The monoisotopic (exact) mass is 316 g/mol. The van der Waals surface area contributed by atoms with Gasteiger partial charge in [0.15, 0.2) is 0 Å². The predicted molar refractivity (Wildman–Crippen MR) is 67.9 cm³/mol. The maximum atomic E-state index is 3.70. The summed E-state index contributed by atoms with van der Waals surface area (Å²) in [5, 5.41) is 0. The number of hydrogen-bond donors (Lipinski definition) is 0. The molecule has 2 unspecified atom stereocenters. The van der Waals surface area contributed by atoms with Crippen LogP contribution in [0, 0.1) is 5.92 Å². The van der Waals surface area contributed by atoms with Crippen molar-refractivity contribution in [2.24, 2.45) is 5.92 Å². The number of rotatable bonds is 2. The summed E-state index contributed by atoms with van der Waals surface area (Å²) in [5.74, 6) is 0.873. The Balaban J connectivity index is 2.01. The van der Waals surface area contributed by atoms with E-state index in [0.717, 1.165) is 10.7 Å². The maximum absolute atomic E-state index is 3.70. The highest BCUT2D eigenvalue weighted by atomic mass is 79.9. The van der Waals surface area contributed by atoms with Crippen molar-refractivity contribution >= 4 is 31.9 Å². The Kier molecular flexibility index (Phi) is 3.67. The van der Waals surface area contributed by atoms with Crippen LogP contribution in [0.1, 0.15) is 24.8 Å². The van der Waals surface area contributed by atoms with Gasteiger partial charge in [-0.25, -0.2) is 0 Å². The molecule has 1 aliphatic carbocycles. The van der Waals surface area contributed by atoms with E-state index in [1.807, 2.05) is 0 Å². The molecule has 0 aromatic heterocycles. The van der Waals surface area contributed by atoms with Crippen LogP contribution in [0.2, 0.25) is 0 Å². The fraction of sp³-hybridized carbons (Fsp3) is 0.500. The molecule has 14 heavy (non-hydrogen) atoms. The Morgan fingerprint density at radius 2 is 2.00 bits per heavy atom. The third kappa shape index (κ3) is 2.60. The zero-order valence-electron chi connectivity index (χ0n) is 8.05. The van der Waals surface area contributed by atoms with Gasteiger partial charge in [-0.1, -0.05) is 50.1 Å². The summed E-state index contributed by atoms with van der Waals surface area (Å²) < 4.78 is 1.26. The van der Waals surface area contributed by atoms with Crippen LogP contribution in [0.3, 0.4) is 0 Å². The molecule has 2 atom stereocenters. The third-order valence-corrected chi connectivity index (χ3v) is 4.55. The molecule has 0 radical (unpaired) electrons. The van der Waals surface area contributed by atoms with Gasteiger partial charge < -0.3 is 0 Å². The second-order valence-corrected chi connectivity index (χ2v) is 6.22. The molecule has 1 aromatic carbocycles. The highest BCUT2D eigenvalue weighted by Crippen LogP contribution is 2.34. The molecule has 0 nitrogen and oxygen atoms in total. The molecule has 76 valence electrons. The number of benzene rings is 1. The zero-order chi connectivity index (χ0) is 9.97. The molecule has 1 saturated carbocycles. The largest absolute Gasteiger partial charge is 0.0891 e. The third-order valence-electron chi connectivity index (χ3n) is 2.94. The van der Waals surface area contributed by atoms with Crippen molar-refractivity contribution in [2.45, 2.75) is 30.5 Å². The lowest BCUT2D eigenvalue weighted by atomic mass is 9.98. The maximum Gasteiger partial charge on any atom is 0.0207 e. The number of hydrogen-bond acceptors (Lipinski definition) is 0. The lowest BCUT2D eigenvalue weighted by Gasteiger charge is -2.10. The van der Waals surface area contributed by atoms with E-state index < -0.39 is 0 Å². The Hall–Kier alpha value is 0.180. The van der Waals surface area contributed by atoms with E-state index in [1.54, 1.807) is 0 Å². The van der Waals surface area contributed by atoms with Gasteiger partial charge in [-0.15, -0.1) is 0 Å². The van der Waals surface area contributed by atoms with Gasteiger partial charge in [0.1, 0.15) is 0 Å². The standard InChI is InChI=1S/C12H14Br2/c13-11-6-5-9(8-11)7-10-3-1-2-4-12(10)14/h1-4,9,11H,5-8H2. The van der Waals surface area contributed by atoms with Crippen LogP contribution in [0.15, 0.2) is 28.7 Å². The second-order valence-electron chi connectivity index (χ2n) is 4.07. The van der Waals surface area contributed by atoms with Gasteiger partial charge in [0.05, 0.1) is 0 Å². The van der Waals surface area contributed by atoms with Gasteiger partial charge in [0.25, 0.3) is 0 Å².